The molecule has 0 unspecified atom stereocenters. The molecule has 1 aromatic carbocycles. The van der Waals surface area contributed by atoms with Gasteiger partial charge in [0.2, 0.25) is 0 Å². The van der Waals surface area contributed by atoms with Crippen molar-refractivity contribution >= 4 is 0 Å². The summed E-state index contributed by atoms with van der Waals surface area (Å²) >= 11 is 0. The van der Waals surface area contributed by atoms with Crippen molar-refractivity contribution in [3.8, 4) is 5.75 Å². The molecule has 0 bridgehead atoms. The number of hydrogen-bond acceptors (Lipinski definition) is 1. The van der Waals surface area contributed by atoms with Crippen LogP contribution in [0.15, 0.2) is 18.2 Å². The number of benzene rings is 1. The molecule has 1 fully saturated rings. The minimum Gasteiger partial charge on any atom is -0.497 e. The van der Waals surface area contributed by atoms with E-state index in [1.165, 1.54) is 44.1 Å². The monoisotopic (exact) mass is 258 g/mol. The van der Waals surface area contributed by atoms with E-state index >= 15 is 0 Å². The first kappa shape index (κ1) is 13.0. The van der Waals surface area contributed by atoms with E-state index < -0.39 is 0 Å². The molecule has 1 heteroatoms. The molecule has 19 heavy (non-hydrogen) atoms. The quantitative estimate of drug-likeness (QED) is 0.714. The van der Waals surface area contributed by atoms with E-state index in [1.54, 1.807) is 12.7 Å². The number of hydrogen-bond donors (Lipinski definition) is 0. The molecule has 0 aliphatic heterocycles. The Labute approximate surface area is 117 Å². The first-order chi connectivity index (χ1) is 9.10. The predicted octanol–water partition coefficient (Wildman–Crippen LogP) is 4.63. The van der Waals surface area contributed by atoms with Gasteiger partial charge in [-0.1, -0.05) is 26.3 Å². The minimum absolute atomic E-state index is 0.537. The molecule has 0 amide bonds. The molecule has 3 rings (SSSR count). The summed E-state index contributed by atoms with van der Waals surface area (Å²) in [5.41, 5.74) is 3.64. The Hall–Kier alpha value is -0.980. The van der Waals surface area contributed by atoms with E-state index in [9.17, 15) is 0 Å². The zero-order chi connectivity index (χ0) is 13.5. The first-order valence-electron chi connectivity index (χ1n) is 7.76. The molecule has 0 spiro atoms. The molecule has 0 radical (unpaired) electrons. The van der Waals surface area contributed by atoms with Crippen LogP contribution in [-0.2, 0) is 12.8 Å². The molecule has 1 nitrogen and oxygen atoms in total. The summed E-state index contributed by atoms with van der Waals surface area (Å²) in [6.45, 7) is 4.97. The van der Waals surface area contributed by atoms with Crippen LogP contribution >= 0.6 is 0 Å². The summed E-state index contributed by atoms with van der Waals surface area (Å²) < 4.78 is 5.38. The fraction of sp³-hybridized carbons (Fsp3) is 0.667. The van der Waals surface area contributed by atoms with E-state index in [-0.39, 0.29) is 0 Å². The summed E-state index contributed by atoms with van der Waals surface area (Å²) in [6, 6.07) is 6.70. The van der Waals surface area contributed by atoms with E-state index in [1.807, 2.05) is 0 Å². The lowest BCUT2D eigenvalue weighted by molar-refractivity contribution is 0.0705. The standard InChI is InChI=1S/C18H26O/c1-18(2)10-4-5-15-11-13-6-8-16(19-3)12-14(13)7-9-17(15)18/h6,8,12,15,17H,4-5,7,9-11H2,1-3H3/t15-,17-/m1/s1. The normalized spacial score (nSPS) is 29.0. The van der Waals surface area contributed by atoms with E-state index in [2.05, 4.69) is 32.0 Å². The molecular weight excluding hydrogens is 232 g/mol. The minimum atomic E-state index is 0.537. The average molecular weight is 258 g/mol. The molecule has 0 N–H and O–H groups in total. The highest BCUT2D eigenvalue weighted by atomic mass is 16.5. The Kier molecular flexibility index (Phi) is 3.32. The molecule has 0 saturated heterocycles. The van der Waals surface area contributed by atoms with Gasteiger partial charge in [-0.3, -0.25) is 0 Å². The van der Waals surface area contributed by atoms with Gasteiger partial charge in [-0.05, 0) is 72.6 Å². The number of methoxy groups -OCH3 is 1. The van der Waals surface area contributed by atoms with Gasteiger partial charge in [0.25, 0.3) is 0 Å². The topological polar surface area (TPSA) is 9.23 Å². The number of rotatable bonds is 1. The lowest BCUT2D eigenvalue weighted by atomic mass is 9.62. The van der Waals surface area contributed by atoms with Crippen LogP contribution in [0.3, 0.4) is 0 Å². The second-order valence-electron chi connectivity index (χ2n) is 7.12. The van der Waals surface area contributed by atoms with E-state index in [4.69, 9.17) is 4.74 Å². The molecule has 2 aliphatic carbocycles. The highest BCUT2D eigenvalue weighted by Gasteiger charge is 2.39. The van der Waals surface area contributed by atoms with Gasteiger partial charge >= 0.3 is 0 Å². The summed E-state index contributed by atoms with van der Waals surface area (Å²) in [6.07, 6.45) is 8.13. The fourth-order valence-corrected chi connectivity index (χ4v) is 4.47. The van der Waals surface area contributed by atoms with E-state index in [0.717, 1.165) is 17.6 Å². The van der Waals surface area contributed by atoms with Crippen molar-refractivity contribution in [1.82, 2.24) is 0 Å². The summed E-state index contributed by atoms with van der Waals surface area (Å²) in [5.74, 6) is 2.82. The Morgan fingerprint density at radius 3 is 2.79 bits per heavy atom. The van der Waals surface area contributed by atoms with Gasteiger partial charge in [-0.25, -0.2) is 0 Å². The average Bonchev–Trinajstić information content (AvgIpc) is 2.57. The smallest absolute Gasteiger partial charge is 0.119 e. The highest BCUT2D eigenvalue weighted by molar-refractivity contribution is 5.37. The van der Waals surface area contributed by atoms with Crippen LogP contribution in [-0.4, -0.2) is 7.11 Å². The van der Waals surface area contributed by atoms with Crippen molar-refractivity contribution in [1.29, 1.82) is 0 Å². The third-order valence-electron chi connectivity index (χ3n) is 5.59. The van der Waals surface area contributed by atoms with Gasteiger partial charge in [0, 0.05) is 0 Å². The van der Waals surface area contributed by atoms with Crippen molar-refractivity contribution in [3.05, 3.63) is 29.3 Å². The largest absolute Gasteiger partial charge is 0.497 e. The second-order valence-corrected chi connectivity index (χ2v) is 7.12. The van der Waals surface area contributed by atoms with Gasteiger partial charge in [0.05, 0.1) is 7.11 Å². The molecule has 104 valence electrons. The first-order valence-corrected chi connectivity index (χ1v) is 7.76. The Balaban J connectivity index is 1.90. The van der Waals surface area contributed by atoms with Crippen molar-refractivity contribution in [3.63, 3.8) is 0 Å². The molecule has 1 aromatic rings. The maximum atomic E-state index is 5.38. The lowest BCUT2D eigenvalue weighted by Crippen LogP contribution is -2.35. The predicted molar refractivity (Wildman–Crippen MR) is 79.6 cm³/mol. The molecular formula is C18H26O. The number of ether oxygens (including phenoxy) is 1. The SMILES string of the molecule is COc1ccc2c(c1)CC[C@@H]1[C@H](CCCC1(C)C)C2. The molecule has 2 atom stereocenters. The van der Waals surface area contributed by atoms with Crippen LogP contribution in [0.2, 0.25) is 0 Å². The summed E-state index contributed by atoms with van der Waals surface area (Å²) in [5, 5.41) is 0. The molecule has 1 saturated carbocycles. The molecule has 0 heterocycles. The van der Waals surface area contributed by atoms with E-state index in [0.29, 0.717) is 5.41 Å². The zero-order valence-electron chi connectivity index (χ0n) is 12.5. The van der Waals surface area contributed by atoms with Crippen molar-refractivity contribution in [2.75, 3.05) is 7.11 Å². The van der Waals surface area contributed by atoms with Crippen molar-refractivity contribution in [2.24, 2.45) is 17.3 Å². The number of fused-ring (bicyclic) bond motifs is 2. The Bertz CT molecular complexity index is 461. The van der Waals surface area contributed by atoms with Gasteiger partial charge < -0.3 is 4.74 Å². The van der Waals surface area contributed by atoms with Crippen molar-refractivity contribution in [2.45, 2.75) is 52.4 Å². The fourth-order valence-electron chi connectivity index (χ4n) is 4.47. The summed E-state index contributed by atoms with van der Waals surface area (Å²) in [7, 11) is 1.77. The zero-order valence-corrected chi connectivity index (χ0v) is 12.5. The third-order valence-corrected chi connectivity index (χ3v) is 5.59. The van der Waals surface area contributed by atoms with Crippen LogP contribution in [0.1, 0.15) is 50.7 Å². The maximum absolute atomic E-state index is 5.38. The van der Waals surface area contributed by atoms with Gasteiger partial charge in [-0.2, -0.15) is 0 Å². The Morgan fingerprint density at radius 2 is 2.00 bits per heavy atom. The van der Waals surface area contributed by atoms with Gasteiger partial charge in [-0.15, -0.1) is 0 Å². The maximum Gasteiger partial charge on any atom is 0.119 e. The second kappa shape index (κ2) is 4.85. The Morgan fingerprint density at radius 1 is 1.16 bits per heavy atom. The third kappa shape index (κ3) is 2.40. The van der Waals surface area contributed by atoms with Gasteiger partial charge in [0.15, 0.2) is 0 Å². The van der Waals surface area contributed by atoms with Crippen LogP contribution in [0.4, 0.5) is 0 Å². The van der Waals surface area contributed by atoms with Crippen molar-refractivity contribution < 1.29 is 4.74 Å². The van der Waals surface area contributed by atoms with Crippen LogP contribution < -0.4 is 4.74 Å². The highest BCUT2D eigenvalue weighted by Crippen LogP contribution is 2.49. The number of aryl methyl sites for hydroxylation is 1. The van der Waals surface area contributed by atoms with Gasteiger partial charge in [0.1, 0.15) is 5.75 Å². The lowest BCUT2D eigenvalue weighted by Gasteiger charge is -2.43. The van der Waals surface area contributed by atoms with Crippen LogP contribution in [0.5, 0.6) is 5.75 Å². The molecule has 2 aliphatic rings. The molecule has 0 aromatic heterocycles. The van der Waals surface area contributed by atoms with Crippen LogP contribution in [0, 0.1) is 17.3 Å². The van der Waals surface area contributed by atoms with Crippen LogP contribution in [0.25, 0.3) is 0 Å². The summed E-state index contributed by atoms with van der Waals surface area (Å²) in [4.78, 5) is 0.